The van der Waals surface area contributed by atoms with Gasteiger partial charge in [-0.25, -0.2) is 4.79 Å². The van der Waals surface area contributed by atoms with E-state index < -0.39 is 36.3 Å². The number of hydrogen-bond donors (Lipinski definition) is 3. The van der Waals surface area contributed by atoms with E-state index >= 15 is 0 Å². The summed E-state index contributed by atoms with van der Waals surface area (Å²) < 4.78 is 6.55. The highest BCUT2D eigenvalue weighted by molar-refractivity contribution is 5.23. The molecule has 0 aromatic carbocycles. The van der Waals surface area contributed by atoms with E-state index in [2.05, 4.69) is 15.0 Å². The van der Waals surface area contributed by atoms with Gasteiger partial charge in [-0.15, -0.1) is 0 Å². The molecule has 1 aromatic rings. The maximum atomic E-state index is 11.8. The van der Waals surface area contributed by atoms with Crippen LogP contribution in [0.1, 0.15) is 13.2 Å². The number of aliphatic hydroxyl groups excluding tert-OH is 2. The minimum absolute atomic E-state index is 0.0564. The van der Waals surface area contributed by atoms with E-state index in [1.165, 1.54) is 12.3 Å². The Morgan fingerprint density at radius 2 is 2.45 bits per heavy atom. The van der Waals surface area contributed by atoms with Crippen molar-refractivity contribution in [2.75, 3.05) is 12.3 Å². The molecule has 20 heavy (non-hydrogen) atoms. The maximum Gasteiger partial charge on any atom is 0.351 e. The van der Waals surface area contributed by atoms with Crippen LogP contribution in [-0.2, 0) is 4.74 Å². The molecule has 10 nitrogen and oxygen atoms in total. The molecule has 1 aliphatic heterocycles. The molecule has 1 aliphatic rings. The van der Waals surface area contributed by atoms with Crippen LogP contribution in [0.15, 0.2) is 22.2 Å². The van der Waals surface area contributed by atoms with Gasteiger partial charge in [-0.3, -0.25) is 4.57 Å². The van der Waals surface area contributed by atoms with E-state index in [1.54, 1.807) is 6.92 Å². The van der Waals surface area contributed by atoms with Crippen molar-refractivity contribution in [3.63, 3.8) is 0 Å². The zero-order valence-electron chi connectivity index (χ0n) is 10.6. The van der Waals surface area contributed by atoms with Gasteiger partial charge >= 0.3 is 5.69 Å². The SMILES string of the molecule is C[C@@H]1C(n2ccc(N)nc2=O)O[C@@](CO)(N=[N+]=[N-])[C@H]1O. The Balaban J connectivity index is 2.45. The zero-order valence-corrected chi connectivity index (χ0v) is 10.6. The molecular formula is C10H14N6O4. The van der Waals surface area contributed by atoms with Crippen LogP contribution in [-0.4, -0.2) is 38.2 Å². The van der Waals surface area contributed by atoms with Gasteiger partial charge in [0, 0.05) is 17.0 Å². The first-order valence-electron chi connectivity index (χ1n) is 5.83. The van der Waals surface area contributed by atoms with Gasteiger partial charge in [0.1, 0.15) is 12.0 Å². The predicted octanol–water partition coefficient (Wildman–Crippen LogP) is -0.650. The van der Waals surface area contributed by atoms with Crippen molar-refractivity contribution in [1.29, 1.82) is 0 Å². The van der Waals surface area contributed by atoms with Gasteiger partial charge in [0.2, 0.25) is 0 Å². The Bertz CT molecular complexity index is 612. The first kappa shape index (κ1) is 14.3. The molecule has 0 aliphatic carbocycles. The Morgan fingerprint density at radius 3 is 3.00 bits per heavy atom. The molecule has 2 heterocycles. The van der Waals surface area contributed by atoms with E-state index in [0.29, 0.717) is 0 Å². The average Bonchev–Trinajstić information content (AvgIpc) is 2.65. The molecular weight excluding hydrogens is 268 g/mol. The van der Waals surface area contributed by atoms with Crippen molar-refractivity contribution >= 4 is 5.82 Å². The number of nitrogen functional groups attached to an aromatic ring is 1. The third-order valence-electron chi connectivity index (χ3n) is 3.30. The lowest BCUT2D eigenvalue weighted by atomic mass is 9.98. The van der Waals surface area contributed by atoms with E-state index in [9.17, 15) is 15.0 Å². The molecule has 0 bridgehead atoms. The fraction of sp³-hybridized carbons (Fsp3) is 0.600. The molecule has 0 amide bonds. The van der Waals surface area contributed by atoms with E-state index in [-0.39, 0.29) is 5.82 Å². The summed E-state index contributed by atoms with van der Waals surface area (Å²) in [6.45, 7) is 0.888. The van der Waals surface area contributed by atoms with Crippen molar-refractivity contribution in [3.8, 4) is 0 Å². The fourth-order valence-electron chi connectivity index (χ4n) is 2.20. The Labute approximate surface area is 113 Å². The highest BCUT2D eigenvalue weighted by Crippen LogP contribution is 2.41. The third kappa shape index (κ3) is 2.10. The lowest BCUT2D eigenvalue weighted by Gasteiger charge is -2.24. The van der Waals surface area contributed by atoms with Gasteiger partial charge in [0.25, 0.3) is 0 Å². The van der Waals surface area contributed by atoms with Crippen LogP contribution in [0, 0.1) is 5.92 Å². The topological polar surface area (TPSA) is 159 Å². The summed E-state index contributed by atoms with van der Waals surface area (Å²) >= 11 is 0. The molecule has 2 rings (SSSR count). The summed E-state index contributed by atoms with van der Waals surface area (Å²) in [5, 5.41) is 22.8. The molecule has 0 radical (unpaired) electrons. The van der Waals surface area contributed by atoms with Crippen molar-refractivity contribution in [2.45, 2.75) is 25.0 Å². The third-order valence-corrected chi connectivity index (χ3v) is 3.30. The molecule has 0 spiro atoms. The molecule has 1 fully saturated rings. The predicted molar refractivity (Wildman–Crippen MR) is 67.2 cm³/mol. The van der Waals surface area contributed by atoms with Crippen LogP contribution < -0.4 is 11.4 Å². The molecule has 1 aromatic heterocycles. The lowest BCUT2D eigenvalue weighted by molar-refractivity contribution is -0.124. The molecule has 4 atom stereocenters. The highest BCUT2D eigenvalue weighted by atomic mass is 16.6. The maximum absolute atomic E-state index is 11.8. The van der Waals surface area contributed by atoms with E-state index in [0.717, 1.165) is 4.57 Å². The number of nitrogens with two attached hydrogens (primary N) is 1. The summed E-state index contributed by atoms with van der Waals surface area (Å²) in [7, 11) is 0. The number of hydrogen-bond acceptors (Lipinski definition) is 7. The van der Waals surface area contributed by atoms with Crippen molar-refractivity contribution < 1.29 is 14.9 Å². The van der Waals surface area contributed by atoms with E-state index in [4.69, 9.17) is 16.0 Å². The quantitative estimate of drug-likeness (QED) is 0.379. The Morgan fingerprint density at radius 1 is 1.75 bits per heavy atom. The van der Waals surface area contributed by atoms with Crippen LogP contribution in [0.5, 0.6) is 0 Å². The normalized spacial score (nSPS) is 32.9. The van der Waals surface area contributed by atoms with Crippen molar-refractivity contribution in [1.82, 2.24) is 9.55 Å². The van der Waals surface area contributed by atoms with Crippen LogP contribution >= 0.6 is 0 Å². The lowest BCUT2D eigenvalue weighted by Crippen LogP contribution is -2.42. The largest absolute Gasteiger partial charge is 0.393 e. The molecule has 10 heteroatoms. The number of anilines is 1. The highest BCUT2D eigenvalue weighted by Gasteiger charge is 2.53. The first-order valence-corrected chi connectivity index (χ1v) is 5.83. The van der Waals surface area contributed by atoms with Gasteiger partial charge in [0.15, 0.2) is 5.72 Å². The molecule has 4 N–H and O–H groups in total. The van der Waals surface area contributed by atoms with Gasteiger partial charge in [0.05, 0.1) is 12.7 Å². The van der Waals surface area contributed by atoms with Crippen molar-refractivity contribution in [2.24, 2.45) is 11.0 Å². The molecule has 108 valence electrons. The zero-order chi connectivity index (χ0) is 14.9. The smallest absolute Gasteiger partial charge is 0.351 e. The minimum atomic E-state index is -1.82. The van der Waals surface area contributed by atoms with Gasteiger partial charge in [-0.1, -0.05) is 12.0 Å². The monoisotopic (exact) mass is 282 g/mol. The van der Waals surface area contributed by atoms with Crippen LogP contribution in [0.25, 0.3) is 10.4 Å². The van der Waals surface area contributed by atoms with E-state index in [1.807, 2.05) is 0 Å². The summed E-state index contributed by atoms with van der Waals surface area (Å²) in [5.74, 6) is -0.545. The standard InChI is InChI=1S/C10H14N6O4/c1-5-7(18)10(4-17,14-15-12)20-8(5)16-3-2-6(11)13-9(16)19/h2-3,5,7-8,17-18H,4H2,1H3,(H2,11,13,19)/t5-,7-,8?,10+/m0/s1. The number of aliphatic hydroxyl groups is 2. The van der Waals surface area contributed by atoms with Gasteiger partial charge < -0.3 is 20.7 Å². The summed E-state index contributed by atoms with van der Waals surface area (Å²) in [4.78, 5) is 17.9. The van der Waals surface area contributed by atoms with Crippen LogP contribution in [0.3, 0.4) is 0 Å². The summed E-state index contributed by atoms with van der Waals surface area (Å²) in [5.41, 5.74) is 11.4. The number of ether oxygens (including phenoxy) is 1. The number of aromatic nitrogens is 2. The number of nitrogens with zero attached hydrogens (tertiary/aromatic N) is 5. The molecule has 0 saturated carbocycles. The second kappa shape index (κ2) is 5.10. The fourth-order valence-corrected chi connectivity index (χ4v) is 2.20. The minimum Gasteiger partial charge on any atom is -0.393 e. The first-order chi connectivity index (χ1) is 9.45. The van der Waals surface area contributed by atoms with Crippen LogP contribution in [0.4, 0.5) is 5.82 Å². The summed E-state index contributed by atoms with van der Waals surface area (Å²) in [6.07, 6.45) is -0.830. The summed E-state index contributed by atoms with van der Waals surface area (Å²) in [6, 6.07) is 1.40. The Hall–Kier alpha value is -2.13. The second-order valence-corrected chi connectivity index (χ2v) is 4.55. The molecule has 1 unspecified atom stereocenters. The second-order valence-electron chi connectivity index (χ2n) is 4.55. The van der Waals surface area contributed by atoms with Gasteiger partial charge in [-0.05, 0) is 11.6 Å². The number of rotatable bonds is 3. The number of azide groups is 1. The molecule has 1 saturated heterocycles. The van der Waals surface area contributed by atoms with Crippen LogP contribution in [0.2, 0.25) is 0 Å². The average molecular weight is 282 g/mol. The van der Waals surface area contributed by atoms with Gasteiger partial charge in [-0.2, -0.15) is 4.98 Å². The Kier molecular flexibility index (Phi) is 3.64. The van der Waals surface area contributed by atoms with Crippen molar-refractivity contribution in [3.05, 3.63) is 33.2 Å².